The Morgan fingerprint density at radius 1 is 1.29 bits per heavy atom. The van der Waals surface area contributed by atoms with Gasteiger partial charge in [0.1, 0.15) is 12.1 Å². The Hall–Kier alpha value is -2.69. The molecule has 0 saturated carbocycles. The van der Waals surface area contributed by atoms with Crippen LogP contribution in [0.1, 0.15) is 37.4 Å². The molecule has 28 heavy (non-hydrogen) atoms. The Morgan fingerprint density at radius 2 is 1.93 bits per heavy atom. The third kappa shape index (κ3) is 5.91. The minimum atomic E-state index is -4.54. The predicted molar refractivity (Wildman–Crippen MR) is 97.7 cm³/mol. The molecule has 1 amide bonds. The maximum Gasteiger partial charge on any atom is 0.413 e. The first-order valence-electron chi connectivity index (χ1n) is 8.04. The number of anilines is 1. The molecule has 2 aromatic rings. The number of ketones is 1. The van der Waals surface area contributed by atoms with Crippen molar-refractivity contribution in [3.8, 4) is 11.3 Å². The second-order valence-electron chi connectivity index (χ2n) is 6.88. The lowest BCUT2D eigenvalue weighted by atomic mass is 10.1. The van der Waals surface area contributed by atoms with Gasteiger partial charge in [0.05, 0.1) is 10.6 Å². The second kappa shape index (κ2) is 7.74. The van der Waals surface area contributed by atoms with Gasteiger partial charge in [-0.1, -0.05) is 11.3 Å². The van der Waals surface area contributed by atoms with Crippen molar-refractivity contribution in [1.29, 1.82) is 0 Å². The van der Waals surface area contributed by atoms with Gasteiger partial charge >= 0.3 is 12.3 Å². The van der Waals surface area contributed by atoms with E-state index in [2.05, 4.69) is 10.3 Å². The monoisotopic (exact) mass is 417 g/mol. The van der Waals surface area contributed by atoms with Crippen molar-refractivity contribution in [3.05, 3.63) is 33.6 Å². The van der Waals surface area contributed by atoms with E-state index >= 15 is 0 Å². The van der Waals surface area contributed by atoms with E-state index in [-0.39, 0.29) is 27.0 Å². The highest BCUT2D eigenvalue weighted by molar-refractivity contribution is 7.18. The number of thiazole rings is 1. The van der Waals surface area contributed by atoms with Gasteiger partial charge in [0, 0.05) is 24.8 Å². The summed E-state index contributed by atoms with van der Waals surface area (Å²) >= 11 is 0.875. The fourth-order valence-corrected chi connectivity index (χ4v) is 3.05. The molecule has 2 heterocycles. The van der Waals surface area contributed by atoms with Gasteiger partial charge < -0.3 is 9.30 Å². The Morgan fingerprint density at radius 3 is 2.43 bits per heavy atom. The lowest BCUT2D eigenvalue weighted by Gasteiger charge is -2.18. The summed E-state index contributed by atoms with van der Waals surface area (Å²) in [5.74, 6) is -0.371. The zero-order chi connectivity index (χ0) is 21.3. The van der Waals surface area contributed by atoms with Crippen LogP contribution >= 0.6 is 11.3 Å². The zero-order valence-electron chi connectivity index (χ0n) is 15.5. The molecule has 2 rings (SSSR count). The number of hydrogen-bond donors (Lipinski definition) is 1. The summed E-state index contributed by atoms with van der Waals surface area (Å²) in [5, 5.41) is 2.47. The van der Waals surface area contributed by atoms with Crippen molar-refractivity contribution < 1.29 is 27.5 Å². The van der Waals surface area contributed by atoms with Crippen molar-refractivity contribution in [3.63, 3.8) is 0 Å². The van der Waals surface area contributed by atoms with Crippen molar-refractivity contribution in [2.75, 3.05) is 5.32 Å². The largest absolute Gasteiger partial charge is 0.444 e. The summed E-state index contributed by atoms with van der Waals surface area (Å²) < 4.78 is 43.1. The first-order valence-corrected chi connectivity index (χ1v) is 8.86. The highest BCUT2D eigenvalue weighted by atomic mass is 32.1. The van der Waals surface area contributed by atoms with Crippen LogP contribution in [0.2, 0.25) is 0 Å². The van der Waals surface area contributed by atoms with Gasteiger partial charge in [0.15, 0.2) is 10.9 Å². The molecular weight excluding hydrogens is 399 g/mol. The highest BCUT2D eigenvalue weighted by Crippen LogP contribution is 2.31. The first-order chi connectivity index (χ1) is 12.7. The molecule has 0 unspecified atom stereocenters. The van der Waals surface area contributed by atoms with E-state index < -0.39 is 30.0 Å². The third-order valence-electron chi connectivity index (χ3n) is 3.17. The van der Waals surface area contributed by atoms with Crippen LogP contribution in [0.15, 0.2) is 23.1 Å². The predicted octanol–water partition coefficient (Wildman–Crippen LogP) is 4.08. The van der Waals surface area contributed by atoms with Gasteiger partial charge in [-0.25, -0.2) is 9.78 Å². The molecule has 0 aliphatic rings. The number of nitrogens with one attached hydrogen (secondary N) is 1. The number of carbonyl (C=O) groups excluding carboxylic acids is 2. The number of Topliss-reactive ketones (excluding diaryl/α,β-unsaturated/α-hetero) is 1. The minimum Gasteiger partial charge on any atom is -0.444 e. The summed E-state index contributed by atoms with van der Waals surface area (Å²) in [7, 11) is 0. The van der Waals surface area contributed by atoms with Crippen molar-refractivity contribution in [1.82, 2.24) is 9.55 Å². The lowest BCUT2D eigenvalue weighted by Crippen LogP contribution is -2.27. The number of nitrogens with zero attached hydrogens (tertiary/aromatic N) is 2. The number of halogens is 3. The minimum absolute atomic E-state index is 0.0638. The molecule has 0 fully saturated rings. The molecule has 0 bridgehead atoms. The summed E-state index contributed by atoms with van der Waals surface area (Å²) in [6, 6.07) is 2.22. The van der Waals surface area contributed by atoms with Crippen LogP contribution in [-0.4, -0.2) is 33.2 Å². The SMILES string of the molecule is CC(=O)c1sc(NC(=O)OC(C)(C)C)nc1-c1ccn(CC(F)(F)F)c(=O)c1. The van der Waals surface area contributed by atoms with E-state index in [4.69, 9.17) is 4.74 Å². The van der Waals surface area contributed by atoms with Gasteiger partial charge in [-0.2, -0.15) is 13.2 Å². The molecule has 152 valence electrons. The summed E-state index contributed by atoms with van der Waals surface area (Å²) in [6.45, 7) is 4.89. The quantitative estimate of drug-likeness (QED) is 0.757. The summed E-state index contributed by atoms with van der Waals surface area (Å²) in [6.07, 6.45) is -4.33. The van der Waals surface area contributed by atoms with E-state index in [9.17, 15) is 27.6 Å². The summed E-state index contributed by atoms with van der Waals surface area (Å²) in [4.78, 5) is 40.0. The number of rotatable bonds is 4. The maximum absolute atomic E-state index is 12.5. The van der Waals surface area contributed by atoms with Crippen LogP contribution in [0.4, 0.5) is 23.1 Å². The van der Waals surface area contributed by atoms with Crippen LogP contribution in [0.3, 0.4) is 0 Å². The van der Waals surface area contributed by atoms with Crippen LogP contribution in [0.25, 0.3) is 11.3 Å². The van der Waals surface area contributed by atoms with Crippen molar-refractivity contribution in [2.24, 2.45) is 0 Å². The smallest absolute Gasteiger partial charge is 0.413 e. The van der Waals surface area contributed by atoms with Crippen LogP contribution in [0, 0.1) is 0 Å². The molecule has 0 spiro atoms. The van der Waals surface area contributed by atoms with Crippen LogP contribution < -0.4 is 10.9 Å². The molecule has 7 nitrogen and oxygen atoms in total. The summed E-state index contributed by atoms with van der Waals surface area (Å²) in [5.41, 5.74) is -1.36. The normalized spacial score (nSPS) is 12.0. The molecule has 11 heteroatoms. The van der Waals surface area contributed by atoms with Crippen LogP contribution in [0.5, 0.6) is 0 Å². The number of alkyl halides is 3. The molecular formula is C17H18F3N3O4S. The zero-order valence-corrected chi connectivity index (χ0v) is 16.3. The highest BCUT2D eigenvalue weighted by Gasteiger charge is 2.28. The number of pyridine rings is 1. The van der Waals surface area contributed by atoms with E-state index in [1.54, 1.807) is 20.8 Å². The average Bonchev–Trinajstić information content (AvgIpc) is 2.90. The Balaban J connectivity index is 2.36. The van der Waals surface area contributed by atoms with Gasteiger partial charge in [-0.15, -0.1) is 0 Å². The first kappa shape index (κ1) is 21.6. The molecule has 1 N–H and O–H groups in total. The second-order valence-corrected chi connectivity index (χ2v) is 7.88. The number of carbonyl (C=O) groups is 2. The van der Waals surface area contributed by atoms with Gasteiger partial charge in [0.25, 0.3) is 5.56 Å². The van der Waals surface area contributed by atoms with Gasteiger partial charge in [0.2, 0.25) is 0 Å². The molecule has 0 atom stereocenters. The van der Waals surface area contributed by atoms with Crippen molar-refractivity contribution in [2.45, 2.75) is 46.0 Å². The Kier molecular flexibility index (Phi) is 5.97. The molecule has 0 radical (unpaired) electrons. The maximum atomic E-state index is 12.5. The Bertz CT molecular complexity index is 958. The average molecular weight is 417 g/mol. The topological polar surface area (TPSA) is 90.3 Å². The molecule has 0 aliphatic heterocycles. The van der Waals surface area contributed by atoms with Gasteiger partial charge in [-0.3, -0.25) is 14.9 Å². The number of hydrogen-bond acceptors (Lipinski definition) is 6. The van der Waals surface area contributed by atoms with E-state index in [1.165, 1.54) is 13.0 Å². The molecule has 0 saturated heterocycles. The van der Waals surface area contributed by atoms with Crippen LogP contribution in [-0.2, 0) is 11.3 Å². The van der Waals surface area contributed by atoms with E-state index in [0.29, 0.717) is 4.57 Å². The Labute approximate surface area is 162 Å². The van der Waals surface area contributed by atoms with Crippen molar-refractivity contribution >= 4 is 28.3 Å². The molecule has 0 aliphatic carbocycles. The number of aromatic nitrogens is 2. The van der Waals surface area contributed by atoms with E-state index in [0.717, 1.165) is 23.6 Å². The third-order valence-corrected chi connectivity index (χ3v) is 4.25. The number of amides is 1. The fraction of sp³-hybridized carbons (Fsp3) is 0.412. The molecule has 0 aromatic carbocycles. The fourth-order valence-electron chi connectivity index (χ4n) is 2.18. The molecule has 2 aromatic heterocycles. The van der Waals surface area contributed by atoms with E-state index in [1.807, 2.05) is 0 Å². The lowest BCUT2D eigenvalue weighted by molar-refractivity contribution is -0.141. The number of ether oxygens (including phenoxy) is 1. The standard InChI is InChI=1S/C17H18F3N3O4S/c1-9(24)13-12(21-14(28-13)22-15(26)27-16(2,3)4)10-5-6-23(11(25)7-10)8-17(18,19)20/h5-7H,8H2,1-4H3,(H,21,22,26). The van der Waals surface area contributed by atoms with Gasteiger partial charge in [-0.05, 0) is 26.8 Å².